The van der Waals surface area contributed by atoms with Gasteiger partial charge >= 0.3 is 5.97 Å². The summed E-state index contributed by atoms with van der Waals surface area (Å²) in [5.74, 6) is -1.78. The van der Waals surface area contributed by atoms with E-state index < -0.39 is 17.9 Å². The van der Waals surface area contributed by atoms with Crippen LogP contribution in [0.4, 0.5) is 10.1 Å². The number of nitrogens with zero attached hydrogens (tertiary/aromatic N) is 1. The molecule has 0 fully saturated rings. The second-order valence-corrected chi connectivity index (χ2v) is 4.01. The summed E-state index contributed by atoms with van der Waals surface area (Å²) in [7, 11) is 3.09. The zero-order valence-electron chi connectivity index (χ0n) is 10.4. The van der Waals surface area contributed by atoms with Crippen LogP contribution in [0.3, 0.4) is 0 Å². The third-order valence-corrected chi connectivity index (χ3v) is 2.31. The van der Waals surface area contributed by atoms with Gasteiger partial charge in [0.05, 0.1) is 5.56 Å². The lowest BCUT2D eigenvalue weighted by Gasteiger charge is -2.17. The molecule has 0 saturated heterocycles. The second kappa shape index (κ2) is 5.48. The number of hydrogen-bond acceptors (Lipinski definition) is 4. The predicted molar refractivity (Wildman–Crippen MR) is 64.4 cm³/mol. The fourth-order valence-electron chi connectivity index (χ4n) is 1.34. The first-order valence-electron chi connectivity index (χ1n) is 5.30. The van der Waals surface area contributed by atoms with Crippen LogP contribution in [0.15, 0.2) is 18.2 Å². The maximum atomic E-state index is 13.0. The Bertz CT molecular complexity index is 474. The van der Waals surface area contributed by atoms with Crippen LogP contribution in [0.25, 0.3) is 0 Å². The standard InChI is InChI=1S/C12H15FN2O3/c1-7(11(16)15(2)3)18-12(17)9-6-8(13)4-5-10(9)14/h4-7H,14H2,1-3H3. The number of esters is 1. The Labute approximate surface area is 104 Å². The van der Waals surface area contributed by atoms with Crippen molar-refractivity contribution in [2.75, 3.05) is 19.8 Å². The van der Waals surface area contributed by atoms with Crippen molar-refractivity contribution in [1.29, 1.82) is 0 Å². The molecule has 2 N–H and O–H groups in total. The molecule has 1 amide bonds. The molecule has 0 spiro atoms. The van der Waals surface area contributed by atoms with E-state index in [2.05, 4.69) is 0 Å². The number of nitrogen functional groups attached to an aromatic ring is 1. The van der Waals surface area contributed by atoms with E-state index in [1.54, 1.807) is 14.1 Å². The molecule has 0 aromatic heterocycles. The summed E-state index contributed by atoms with van der Waals surface area (Å²) >= 11 is 0. The van der Waals surface area contributed by atoms with Gasteiger partial charge < -0.3 is 15.4 Å². The first-order chi connectivity index (χ1) is 8.32. The van der Waals surface area contributed by atoms with Gasteiger partial charge in [-0.3, -0.25) is 4.79 Å². The molecule has 1 rings (SSSR count). The van der Waals surface area contributed by atoms with Crippen LogP contribution >= 0.6 is 0 Å². The van der Waals surface area contributed by atoms with Gasteiger partial charge in [-0.2, -0.15) is 0 Å². The molecule has 0 aliphatic rings. The highest BCUT2D eigenvalue weighted by molar-refractivity contribution is 5.96. The van der Waals surface area contributed by atoms with Crippen molar-refractivity contribution < 1.29 is 18.7 Å². The van der Waals surface area contributed by atoms with Gasteiger partial charge in [0.1, 0.15) is 5.82 Å². The van der Waals surface area contributed by atoms with Crippen LogP contribution in [0.2, 0.25) is 0 Å². The minimum atomic E-state index is -0.949. The van der Waals surface area contributed by atoms with Crippen molar-refractivity contribution in [2.45, 2.75) is 13.0 Å². The van der Waals surface area contributed by atoms with Crippen molar-refractivity contribution in [2.24, 2.45) is 0 Å². The molecule has 6 heteroatoms. The van der Waals surface area contributed by atoms with Gasteiger partial charge in [0.25, 0.3) is 5.91 Å². The van der Waals surface area contributed by atoms with Crippen molar-refractivity contribution >= 4 is 17.6 Å². The fraction of sp³-hybridized carbons (Fsp3) is 0.333. The van der Waals surface area contributed by atoms with E-state index in [-0.39, 0.29) is 17.2 Å². The summed E-state index contributed by atoms with van der Waals surface area (Å²) in [5.41, 5.74) is 5.55. The minimum absolute atomic E-state index is 0.0894. The summed E-state index contributed by atoms with van der Waals surface area (Å²) in [6, 6.07) is 3.38. The summed E-state index contributed by atoms with van der Waals surface area (Å²) in [4.78, 5) is 24.5. The summed E-state index contributed by atoms with van der Waals surface area (Å²) < 4.78 is 17.9. The van der Waals surface area contributed by atoms with Crippen molar-refractivity contribution in [3.8, 4) is 0 Å². The molecule has 0 saturated carbocycles. The summed E-state index contributed by atoms with van der Waals surface area (Å²) in [6.45, 7) is 1.44. The van der Waals surface area contributed by atoms with E-state index >= 15 is 0 Å². The first kappa shape index (κ1) is 14.0. The van der Waals surface area contributed by atoms with Crippen molar-refractivity contribution in [3.05, 3.63) is 29.6 Å². The molecule has 5 nitrogen and oxygen atoms in total. The number of halogens is 1. The Morgan fingerprint density at radius 1 is 1.39 bits per heavy atom. The normalized spacial score (nSPS) is 11.8. The van der Waals surface area contributed by atoms with E-state index in [0.29, 0.717) is 0 Å². The van der Waals surface area contributed by atoms with E-state index in [0.717, 1.165) is 12.1 Å². The largest absolute Gasteiger partial charge is 0.449 e. The fourth-order valence-corrected chi connectivity index (χ4v) is 1.34. The number of nitrogens with two attached hydrogens (primary N) is 1. The van der Waals surface area contributed by atoms with Crippen LogP contribution in [0.5, 0.6) is 0 Å². The van der Waals surface area contributed by atoms with E-state index in [1.165, 1.54) is 17.9 Å². The van der Waals surface area contributed by atoms with Crippen LogP contribution in [-0.4, -0.2) is 37.0 Å². The average molecular weight is 254 g/mol. The quantitative estimate of drug-likeness (QED) is 0.646. The van der Waals surface area contributed by atoms with Crippen molar-refractivity contribution in [3.63, 3.8) is 0 Å². The van der Waals surface area contributed by atoms with E-state index in [4.69, 9.17) is 10.5 Å². The molecule has 0 aliphatic carbocycles. The topological polar surface area (TPSA) is 72.6 Å². The zero-order chi connectivity index (χ0) is 13.9. The Hall–Kier alpha value is -2.11. The Morgan fingerprint density at radius 2 is 2.00 bits per heavy atom. The van der Waals surface area contributed by atoms with Gasteiger partial charge in [-0.15, -0.1) is 0 Å². The summed E-state index contributed by atoms with van der Waals surface area (Å²) in [6.07, 6.45) is -0.949. The molecule has 0 bridgehead atoms. The van der Waals surface area contributed by atoms with E-state index in [1.807, 2.05) is 0 Å². The predicted octanol–water partition coefficient (Wildman–Crippen LogP) is 1.04. The Kier molecular flexibility index (Phi) is 4.25. The monoisotopic (exact) mass is 254 g/mol. The Balaban J connectivity index is 2.83. The summed E-state index contributed by atoms with van der Waals surface area (Å²) in [5, 5.41) is 0. The number of ether oxygens (including phenoxy) is 1. The molecule has 18 heavy (non-hydrogen) atoms. The first-order valence-corrected chi connectivity index (χ1v) is 5.30. The lowest BCUT2D eigenvalue weighted by molar-refractivity contribution is -0.137. The third-order valence-electron chi connectivity index (χ3n) is 2.31. The van der Waals surface area contributed by atoms with Gasteiger partial charge in [-0.1, -0.05) is 0 Å². The third kappa shape index (κ3) is 3.19. The number of benzene rings is 1. The van der Waals surface area contributed by atoms with Gasteiger partial charge in [-0.05, 0) is 25.1 Å². The number of likely N-dealkylation sites (N-methyl/N-ethyl adjacent to an activating group) is 1. The number of hydrogen-bond donors (Lipinski definition) is 1. The second-order valence-electron chi connectivity index (χ2n) is 4.01. The molecule has 1 aromatic rings. The number of carbonyl (C=O) groups is 2. The van der Waals surface area contributed by atoms with Gasteiger partial charge in [0, 0.05) is 19.8 Å². The molecule has 0 aliphatic heterocycles. The van der Waals surface area contributed by atoms with Gasteiger partial charge in [0.15, 0.2) is 6.10 Å². The number of amides is 1. The van der Waals surface area contributed by atoms with Crippen molar-refractivity contribution in [1.82, 2.24) is 4.90 Å². The number of rotatable bonds is 3. The molecule has 98 valence electrons. The Morgan fingerprint density at radius 3 is 2.56 bits per heavy atom. The number of carbonyl (C=O) groups excluding carboxylic acids is 2. The smallest absolute Gasteiger partial charge is 0.341 e. The highest BCUT2D eigenvalue weighted by atomic mass is 19.1. The molecule has 1 unspecified atom stereocenters. The van der Waals surface area contributed by atoms with Crippen LogP contribution in [-0.2, 0) is 9.53 Å². The molecular weight excluding hydrogens is 239 g/mol. The highest BCUT2D eigenvalue weighted by Gasteiger charge is 2.21. The maximum Gasteiger partial charge on any atom is 0.341 e. The number of anilines is 1. The molecule has 0 heterocycles. The molecule has 1 atom stereocenters. The van der Waals surface area contributed by atoms with Gasteiger partial charge in [0.2, 0.25) is 0 Å². The zero-order valence-corrected chi connectivity index (χ0v) is 10.4. The highest BCUT2D eigenvalue weighted by Crippen LogP contribution is 2.15. The average Bonchev–Trinajstić information content (AvgIpc) is 2.30. The van der Waals surface area contributed by atoms with Crippen LogP contribution < -0.4 is 5.73 Å². The molecule has 1 aromatic carbocycles. The molecular formula is C12H15FN2O3. The minimum Gasteiger partial charge on any atom is -0.449 e. The van der Waals surface area contributed by atoms with Crippen LogP contribution in [0, 0.1) is 5.82 Å². The van der Waals surface area contributed by atoms with Crippen LogP contribution in [0.1, 0.15) is 17.3 Å². The SMILES string of the molecule is CC(OC(=O)c1cc(F)ccc1N)C(=O)N(C)C. The van der Waals surface area contributed by atoms with Gasteiger partial charge in [-0.25, -0.2) is 9.18 Å². The molecule has 0 radical (unpaired) electrons. The van der Waals surface area contributed by atoms with E-state index in [9.17, 15) is 14.0 Å². The maximum absolute atomic E-state index is 13.0. The lowest BCUT2D eigenvalue weighted by Crippen LogP contribution is -2.35. The lowest BCUT2D eigenvalue weighted by atomic mass is 10.2.